The minimum absolute atomic E-state index is 0.0791. The molecule has 106 valence electrons. The number of para-hydroxylation sites is 3. The Hall–Kier alpha value is -3.14. The second-order valence-electron chi connectivity index (χ2n) is 5.05. The quantitative estimate of drug-likeness (QED) is 0.378. The molecule has 0 bridgehead atoms. The highest BCUT2D eigenvalue weighted by atomic mass is 16.6. The first-order valence-electron chi connectivity index (χ1n) is 6.90. The number of nitrogens with zero attached hydrogens (tertiary/aromatic N) is 1. The molecule has 4 aromatic rings. The van der Waals surface area contributed by atoms with Gasteiger partial charge in [0.2, 0.25) is 0 Å². The van der Waals surface area contributed by atoms with Crippen molar-refractivity contribution in [1.82, 2.24) is 0 Å². The first-order valence-corrected chi connectivity index (χ1v) is 6.90. The van der Waals surface area contributed by atoms with E-state index in [4.69, 9.17) is 4.42 Å². The molecule has 0 aliphatic rings. The molecule has 0 fully saturated rings. The van der Waals surface area contributed by atoms with Crippen LogP contribution >= 0.6 is 0 Å². The third-order valence-corrected chi connectivity index (χ3v) is 3.80. The molecular formula is C18H11NO3. The third kappa shape index (κ3) is 1.78. The predicted octanol–water partition coefficient (Wildman–Crippen LogP) is 5.16. The number of hydrogen-bond donors (Lipinski definition) is 0. The van der Waals surface area contributed by atoms with Crippen molar-refractivity contribution in [2.45, 2.75) is 0 Å². The van der Waals surface area contributed by atoms with Gasteiger partial charge >= 0.3 is 0 Å². The maximum atomic E-state index is 11.3. The number of rotatable bonds is 2. The van der Waals surface area contributed by atoms with E-state index in [1.54, 1.807) is 18.2 Å². The lowest BCUT2D eigenvalue weighted by Gasteiger charge is -2.03. The van der Waals surface area contributed by atoms with Crippen LogP contribution in [0.4, 0.5) is 5.69 Å². The standard InChI is InChI=1S/C18H11NO3/c20-19(21)16-10-3-1-6-12(16)14-8-5-9-15-13-7-2-4-11-17(13)22-18(14)15/h1-11H. The van der Waals surface area contributed by atoms with Gasteiger partial charge in [-0.3, -0.25) is 10.1 Å². The average molecular weight is 289 g/mol. The molecule has 0 saturated carbocycles. The van der Waals surface area contributed by atoms with Crippen LogP contribution in [0.25, 0.3) is 33.1 Å². The Bertz CT molecular complexity index is 1020. The summed E-state index contributed by atoms with van der Waals surface area (Å²) in [5, 5.41) is 13.3. The van der Waals surface area contributed by atoms with Crippen LogP contribution in [0.2, 0.25) is 0 Å². The van der Waals surface area contributed by atoms with Crippen LogP contribution in [-0.2, 0) is 0 Å². The largest absolute Gasteiger partial charge is 0.455 e. The molecule has 0 amide bonds. The number of nitro benzene ring substituents is 1. The Labute approximate surface area is 125 Å². The summed E-state index contributed by atoms with van der Waals surface area (Å²) in [4.78, 5) is 10.9. The summed E-state index contributed by atoms with van der Waals surface area (Å²) in [5.74, 6) is 0. The fourth-order valence-corrected chi connectivity index (χ4v) is 2.82. The second-order valence-corrected chi connectivity index (χ2v) is 5.05. The number of benzene rings is 3. The van der Waals surface area contributed by atoms with Crippen molar-refractivity contribution in [2.75, 3.05) is 0 Å². The monoisotopic (exact) mass is 289 g/mol. The first kappa shape index (κ1) is 12.6. The smallest absolute Gasteiger partial charge is 0.277 e. The minimum Gasteiger partial charge on any atom is -0.455 e. The molecule has 1 heterocycles. The summed E-state index contributed by atoms with van der Waals surface area (Å²) < 4.78 is 5.95. The van der Waals surface area contributed by atoms with Gasteiger partial charge in [0.25, 0.3) is 5.69 Å². The lowest BCUT2D eigenvalue weighted by Crippen LogP contribution is -1.91. The van der Waals surface area contributed by atoms with Crippen LogP contribution in [-0.4, -0.2) is 4.92 Å². The summed E-state index contributed by atoms with van der Waals surface area (Å²) in [6.45, 7) is 0. The zero-order chi connectivity index (χ0) is 15.1. The third-order valence-electron chi connectivity index (χ3n) is 3.80. The second kappa shape index (κ2) is 4.70. The zero-order valence-corrected chi connectivity index (χ0v) is 11.5. The molecular weight excluding hydrogens is 278 g/mol. The van der Waals surface area contributed by atoms with Crippen LogP contribution in [0.1, 0.15) is 0 Å². The van der Waals surface area contributed by atoms with E-state index < -0.39 is 0 Å². The highest BCUT2D eigenvalue weighted by Crippen LogP contribution is 2.38. The number of fused-ring (bicyclic) bond motifs is 3. The fraction of sp³-hybridized carbons (Fsp3) is 0. The van der Waals surface area contributed by atoms with Gasteiger partial charge in [0, 0.05) is 22.4 Å². The van der Waals surface area contributed by atoms with E-state index in [2.05, 4.69) is 0 Å². The molecule has 0 spiro atoms. The molecule has 0 atom stereocenters. The van der Waals surface area contributed by atoms with E-state index in [0.717, 1.165) is 21.9 Å². The molecule has 1 aromatic heterocycles. The van der Waals surface area contributed by atoms with Crippen molar-refractivity contribution in [3.63, 3.8) is 0 Å². The van der Waals surface area contributed by atoms with Crippen molar-refractivity contribution >= 4 is 27.6 Å². The molecule has 4 nitrogen and oxygen atoms in total. The van der Waals surface area contributed by atoms with Crippen LogP contribution in [0, 0.1) is 10.1 Å². The van der Waals surface area contributed by atoms with E-state index in [1.165, 1.54) is 6.07 Å². The number of furan rings is 1. The molecule has 0 aliphatic heterocycles. The Morgan fingerprint density at radius 2 is 1.45 bits per heavy atom. The summed E-state index contributed by atoms with van der Waals surface area (Å²) in [6.07, 6.45) is 0. The van der Waals surface area contributed by atoms with Gasteiger partial charge in [-0.2, -0.15) is 0 Å². The van der Waals surface area contributed by atoms with Gasteiger partial charge in [-0.15, -0.1) is 0 Å². The molecule has 0 unspecified atom stereocenters. The van der Waals surface area contributed by atoms with Gasteiger partial charge in [0.1, 0.15) is 11.2 Å². The molecule has 4 heteroatoms. The van der Waals surface area contributed by atoms with Crippen LogP contribution in [0.15, 0.2) is 71.1 Å². The molecule has 3 aromatic carbocycles. The van der Waals surface area contributed by atoms with Gasteiger partial charge in [0.15, 0.2) is 0 Å². The number of nitro groups is 1. The highest BCUT2D eigenvalue weighted by molar-refractivity contribution is 6.10. The van der Waals surface area contributed by atoms with Gasteiger partial charge < -0.3 is 4.42 Å². The molecule has 0 radical (unpaired) electrons. The zero-order valence-electron chi connectivity index (χ0n) is 11.5. The maximum absolute atomic E-state index is 11.3. The van der Waals surface area contributed by atoms with Gasteiger partial charge in [-0.05, 0) is 12.1 Å². The Balaban J connectivity index is 2.10. The molecule has 0 saturated heterocycles. The van der Waals surface area contributed by atoms with E-state index in [1.807, 2.05) is 42.5 Å². The first-order chi connectivity index (χ1) is 10.8. The molecule has 0 aliphatic carbocycles. The fourth-order valence-electron chi connectivity index (χ4n) is 2.82. The van der Waals surface area contributed by atoms with Crippen molar-refractivity contribution in [3.05, 3.63) is 76.8 Å². The van der Waals surface area contributed by atoms with Crippen molar-refractivity contribution in [1.29, 1.82) is 0 Å². The normalized spacial score (nSPS) is 11.1. The summed E-state index contributed by atoms with van der Waals surface area (Å²) in [7, 11) is 0. The van der Waals surface area contributed by atoms with Crippen LogP contribution < -0.4 is 0 Å². The van der Waals surface area contributed by atoms with Gasteiger partial charge in [0.05, 0.1) is 10.5 Å². The predicted molar refractivity (Wildman–Crippen MR) is 85.8 cm³/mol. The lowest BCUT2D eigenvalue weighted by atomic mass is 10.0. The Morgan fingerprint density at radius 1 is 0.773 bits per heavy atom. The van der Waals surface area contributed by atoms with E-state index in [0.29, 0.717) is 11.1 Å². The van der Waals surface area contributed by atoms with Crippen molar-refractivity contribution in [3.8, 4) is 11.1 Å². The minimum atomic E-state index is -0.364. The average Bonchev–Trinajstić information content (AvgIpc) is 2.93. The summed E-state index contributed by atoms with van der Waals surface area (Å²) in [5.41, 5.74) is 2.84. The molecule has 22 heavy (non-hydrogen) atoms. The molecule has 0 N–H and O–H groups in total. The summed E-state index contributed by atoms with van der Waals surface area (Å²) in [6, 6.07) is 20.2. The van der Waals surface area contributed by atoms with Crippen LogP contribution in [0.3, 0.4) is 0 Å². The maximum Gasteiger partial charge on any atom is 0.277 e. The summed E-state index contributed by atoms with van der Waals surface area (Å²) >= 11 is 0. The van der Waals surface area contributed by atoms with Crippen molar-refractivity contribution in [2.24, 2.45) is 0 Å². The molecule has 4 rings (SSSR count). The van der Waals surface area contributed by atoms with Crippen LogP contribution in [0.5, 0.6) is 0 Å². The van der Waals surface area contributed by atoms with E-state index >= 15 is 0 Å². The van der Waals surface area contributed by atoms with E-state index in [9.17, 15) is 10.1 Å². The Morgan fingerprint density at radius 3 is 2.32 bits per heavy atom. The van der Waals surface area contributed by atoms with Crippen molar-refractivity contribution < 1.29 is 9.34 Å². The topological polar surface area (TPSA) is 56.3 Å². The van der Waals surface area contributed by atoms with Gasteiger partial charge in [-0.1, -0.05) is 48.5 Å². The SMILES string of the molecule is O=[N+]([O-])c1ccccc1-c1cccc2c1oc1ccccc12. The lowest BCUT2D eigenvalue weighted by molar-refractivity contribution is -0.384. The van der Waals surface area contributed by atoms with E-state index in [-0.39, 0.29) is 10.6 Å². The van der Waals surface area contributed by atoms with Gasteiger partial charge in [-0.25, -0.2) is 0 Å². The number of hydrogen-bond acceptors (Lipinski definition) is 3. The highest BCUT2D eigenvalue weighted by Gasteiger charge is 2.18. The Kier molecular flexibility index (Phi) is 2.69.